The Bertz CT molecular complexity index is 1020. The Kier molecular flexibility index (Phi) is 5.06. The van der Waals surface area contributed by atoms with Crippen LogP contribution in [0.1, 0.15) is 33.4 Å². The normalized spacial score (nSPS) is 15.9. The van der Waals surface area contributed by atoms with Gasteiger partial charge in [0.15, 0.2) is 5.69 Å². The Labute approximate surface area is 164 Å². The average molecular weight is 405 g/mol. The molecular formula is C19H15ClF2N4O2. The monoisotopic (exact) mass is 404 g/mol. The van der Waals surface area contributed by atoms with Crippen LogP contribution >= 0.6 is 11.6 Å². The fourth-order valence-electron chi connectivity index (χ4n) is 2.99. The number of nitrogens with one attached hydrogen (secondary N) is 1. The molecule has 0 radical (unpaired) electrons. The van der Waals surface area contributed by atoms with Gasteiger partial charge in [0, 0.05) is 23.2 Å². The van der Waals surface area contributed by atoms with Gasteiger partial charge in [0.25, 0.3) is 5.91 Å². The van der Waals surface area contributed by atoms with E-state index in [4.69, 9.17) is 16.3 Å². The quantitative estimate of drug-likeness (QED) is 0.723. The first-order chi connectivity index (χ1) is 13.5. The fraction of sp³-hybridized carbons (Fsp3) is 0.211. The summed E-state index contributed by atoms with van der Waals surface area (Å²) in [6.45, 7) is 0.475. The van der Waals surface area contributed by atoms with E-state index in [-0.39, 0.29) is 30.5 Å². The molecule has 144 valence electrons. The summed E-state index contributed by atoms with van der Waals surface area (Å²) >= 11 is 5.91. The van der Waals surface area contributed by atoms with Gasteiger partial charge in [-0.25, -0.2) is 13.5 Å². The molecule has 0 fully saturated rings. The molecule has 1 atom stereocenters. The molecule has 2 heterocycles. The van der Waals surface area contributed by atoms with Crippen molar-refractivity contribution in [3.8, 4) is 0 Å². The van der Waals surface area contributed by atoms with Crippen molar-refractivity contribution in [1.82, 2.24) is 20.3 Å². The second-order valence-electron chi connectivity index (χ2n) is 6.34. The van der Waals surface area contributed by atoms with Crippen LogP contribution < -0.4 is 5.32 Å². The maximum atomic E-state index is 13.7. The first-order valence-corrected chi connectivity index (χ1v) is 8.90. The molecule has 1 aromatic heterocycles. The molecule has 1 aliphatic rings. The highest BCUT2D eigenvalue weighted by Crippen LogP contribution is 2.27. The van der Waals surface area contributed by atoms with E-state index < -0.39 is 17.5 Å². The molecule has 3 aromatic rings. The van der Waals surface area contributed by atoms with E-state index >= 15 is 0 Å². The lowest BCUT2D eigenvalue weighted by molar-refractivity contribution is -0.00177. The summed E-state index contributed by atoms with van der Waals surface area (Å²) in [4.78, 5) is 12.4. The molecule has 0 saturated heterocycles. The summed E-state index contributed by atoms with van der Waals surface area (Å²) in [6, 6.07) is 10.5. The largest absolute Gasteiger partial charge is 0.365 e. The van der Waals surface area contributed by atoms with Crippen LogP contribution in [0.5, 0.6) is 0 Å². The van der Waals surface area contributed by atoms with Crippen molar-refractivity contribution in [1.29, 1.82) is 0 Å². The third-order valence-corrected chi connectivity index (χ3v) is 4.76. The molecule has 6 nitrogen and oxygen atoms in total. The summed E-state index contributed by atoms with van der Waals surface area (Å²) in [6.07, 6.45) is -0.226. The van der Waals surface area contributed by atoms with Crippen LogP contribution in [0.2, 0.25) is 5.02 Å². The van der Waals surface area contributed by atoms with Gasteiger partial charge in [-0.05, 0) is 23.8 Å². The Balaban J connectivity index is 1.45. The lowest BCUT2D eigenvalue weighted by atomic mass is 10.1. The number of carbonyl (C=O) groups is 1. The van der Waals surface area contributed by atoms with Crippen molar-refractivity contribution >= 4 is 17.5 Å². The Morgan fingerprint density at radius 3 is 2.79 bits per heavy atom. The van der Waals surface area contributed by atoms with Gasteiger partial charge in [0.2, 0.25) is 0 Å². The molecule has 1 aliphatic heterocycles. The molecule has 4 rings (SSSR count). The predicted octanol–water partition coefficient (Wildman–Crippen LogP) is 3.41. The number of ether oxygens (including phenoxy) is 1. The molecule has 2 aromatic carbocycles. The number of hydrogen-bond donors (Lipinski definition) is 1. The summed E-state index contributed by atoms with van der Waals surface area (Å²) < 4.78 is 34.1. The number of amides is 1. The van der Waals surface area contributed by atoms with E-state index in [1.54, 1.807) is 16.8 Å². The van der Waals surface area contributed by atoms with E-state index in [9.17, 15) is 13.6 Å². The van der Waals surface area contributed by atoms with Crippen molar-refractivity contribution < 1.29 is 18.3 Å². The number of benzene rings is 2. The smallest absolute Gasteiger partial charge is 0.274 e. The number of hydrogen-bond acceptors (Lipinski definition) is 4. The Morgan fingerprint density at radius 2 is 2.04 bits per heavy atom. The highest BCUT2D eigenvalue weighted by atomic mass is 35.5. The number of nitrogens with zero attached hydrogens (tertiary/aromatic N) is 3. The van der Waals surface area contributed by atoms with Gasteiger partial charge in [0.05, 0.1) is 18.8 Å². The van der Waals surface area contributed by atoms with Crippen LogP contribution in [-0.4, -0.2) is 20.9 Å². The number of halogens is 3. The van der Waals surface area contributed by atoms with E-state index in [0.29, 0.717) is 17.3 Å². The number of rotatable bonds is 4. The SMILES string of the molecule is O=C(NCc1ccc(F)cc1F)c1nnn2c1COC(c1ccc(Cl)cc1)C2. The molecule has 0 saturated carbocycles. The van der Waals surface area contributed by atoms with Gasteiger partial charge in [-0.3, -0.25) is 4.79 Å². The minimum Gasteiger partial charge on any atom is -0.365 e. The van der Waals surface area contributed by atoms with Crippen molar-refractivity contribution in [2.75, 3.05) is 0 Å². The van der Waals surface area contributed by atoms with Gasteiger partial charge in [0.1, 0.15) is 17.7 Å². The first-order valence-electron chi connectivity index (χ1n) is 8.53. The van der Waals surface area contributed by atoms with Crippen molar-refractivity contribution in [2.45, 2.75) is 25.8 Å². The lowest BCUT2D eigenvalue weighted by Gasteiger charge is -2.24. The van der Waals surface area contributed by atoms with Crippen LogP contribution in [0, 0.1) is 11.6 Å². The zero-order valence-electron chi connectivity index (χ0n) is 14.5. The van der Waals surface area contributed by atoms with E-state index in [2.05, 4.69) is 15.6 Å². The summed E-state index contributed by atoms with van der Waals surface area (Å²) in [5.41, 5.74) is 1.79. The van der Waals surface area contributed by atoms with Crippen molar-refractivity contribution in [2.24, 2.45) is 0 Å². The minimum absolute atomic E-state index is 0.0918. The Hall–Kier alpha value is -2.84. The zero-order chi connectivity index (χ0) is 19.7. The maximum absolute atomic E-state index is 13.7. The zero-order valence-corrected chi connectivity index (χ0v) is 15.3. The highest BCUT2D eigenvalue weighted by Gasteiger charge is 2.27. The molecule has 9 heteroatoms. The number of aromatic nitrogens is 3. The topological polar surface area (TPSA) is 69.0 Å². The second kappa shape index (κ2) is 7.65. The molecule has 0 spiro atoms. The van der Waals surface area contributed by atoms with Gasteiger partial charge in [-0.1, -0.05) is 35.0 Å². The van der Waals surface area contributed by atoms with Gasteiger partial charge in [-0.15, -0.1) is 5.10 Å². The first kappa shape index (κ1) is 18.5. The average Bonchev–Trinajstić information content (AvgIpc) is 3.11. The molecule has 28 heavy (non-hydrogen) atoms. The van der Waals surface area contributed by atoms with Crippen molar-refractivity contribution in [3.05, 3.63) is 81.6 Å². The maximum Gasteiger partial charge on any atom is 0.274 e. The molecule has 0 bridgehead atoms. The van der Waals surface area contributed by atoms with Crippen LogP contribution in [-0.2, 0) is 24.4 Å². The third-order valence-electron chi connectivity index (χ3n) is 4.51. The highest BCUT2D eigenvalue weighted by molar-refractivity contribution is 6.30. The number of carbonyl (C=O) groups excluding carboxylic acids is 1. The predicted molar refractivity (Wildman–Crippen MR) is 96.5 cm³/mol. The molecule has 1 unspecified atom stereocenters. The molecule has 0 aliphatic carbocycles. The molecule has 1 N–H and O–H groups in total. The van der Waals surface area contributed by atoms with Gasteiger partial charge < -0.3 is 10.1 Å². The third kappa shape index (κ3) is 3.74. The van der Waals surface area contributed by atoms with Crippen molar-refractivity contribution in [3.63, 3.8) is 0 Å². The summed E-state index contributed by atoms with van der Waals surface area (Å²) in [5, 5.41) is 11.2. The molecule has 1 amide bonds. The van der Waals surface area contributed by atoms with E-state index in [0.717, 1.165) is 17.7 Å². The number of fused-ring (bicyclic) bond motifs is 1. The van der Waals surface area contributed by atoms with Gasteiger partial charge >= 0.3 is 0 Å². The standard InChI is InChI=1S/C19H15ClF2N4O2/c20-13-4-1-11(2-5-13)17-9-26-16(10-28-17)18(24-25-26)19(27)23-8-12-3-6-14(21)7-15(12)22/h1-7,17H,8-10H2,(H,23,27). The van der Waals surface area contributed by atoms with E-state index in [1.807, 2.05) is 12.1 Å². The van der Waals surface area contributed by atoms with Crippen LogP contribution in [0.3, 0.4) is 0 Å². The minimum atomic E-state index is -0.723. The van der Waals surface area contributed by atoms with Crippen LogP contribution in [0.4, 0.5) is 8.78 Å². The lowest BCUT2D eigenvalue weighted by Crippen LogP contribution is -2.27. The second-order valence-corrected chi connectivity index (χ2v) is 6.77. The molecular weight excluding hydrogens is 390 g/mol. The van der Waals surface area contributed by atoms with Crippen LogP contribution in [0.25, 0.3) is 0 Å². The summed E-state index contributed by atoms with van der Waals surface area (Å²) in [5.74, 6) is -1.90. The van der Waals surface area contributed by atoms with Crippen LogP contribution in [0.15, 0.2) is 42.5 Å². The fourth-order valence-corrected chi connectivity index (χ4v) is 3.12. The van der Waals surface area contributed by atoms with Gasteiger partial charge in [-0.2, -0.15) is 0 Å². The van der Waals surface area contributed by atoms with E-state index in [1.165, 1.54) is 6.07 Å². The Morgan fingerprint density at radius 1 is 1.25 bits per heavy atom. The summed E-state index contributed by atoms with van der Waals surface area (Å²) in [7, 11) is 0.